The van der Waals surface area contributed by atoms with Gasteiger partial charge in [0.2, 0.25) is 11.7 Å². The van der Waals surface area contributed by atoms with E-state index >= 15 is 0 Å². The largest absolute Gasteiger partial charge is 0.493 e. The number of likely N-dealkylation sites (N-methyl/N-ethyl adjacent to an activating group) is 1. The van der Waals surface area contributed by atoms with Crippen molar-refractivity contribution in [2.75, 3.05) is 72.5 Å². The SMILES string of the molecule is COc1ccc(CN2CCc3nc(N4CCN(C)CC4)[nH]c(=O)c3CC2)c(OC)c1OC. The van der Waals surface area contributed by atoms with Crippen LogP contribution in [0.25, 0.3) is 0 Å². The van der Waals surface area contributed by atoms with Gasteiger partial charge in [-0.25, -0.2) is 4.98 Å². The van der Waals surface area contributed by atoms with E-state index in [0.29, 0.717) is 36.2 Å². The Kier molecular flexibility index (Phi) is 6.86. The van der Waals surface area contributed by atoms with E-state index < -0.39 is 0 Å². The average molecular weight is 444 g/mol. The maximum Gasteiger partial charge on any atom is 0.255 e. The van der Waals surface area contributed by atoms with Gasteiger partial charge in [0.1, 0.15) is 0 Å². The summed E-state index contributed by atoms with van der Waals surface area (Å²) in [5.74, 6) is 2.63. The summed E-state index contributed by atoms with van der Waals surface area (Å²) >= 11 is 0. The number of hydrogen-bond acceptors (Lipinski definition) is 8. The molecule has 1 aromatic carbocycles. The number of nitrogens with zero attached hydrogens (tertiary/aromatic N) is 4. The molecule has 1 N–H and O–H groups in total. The molecule has 32 heavy (non-hydrogen) atoms. The molecule has 0 saturated carbocycles. The standard InChI is InChI=1S/C23H33N5O4/c1-26-11-13-28(14-12-26)23-24-18-8-10-27(9-7-17(18)22(29)25-23)15-16-5-6-19(30-2)21(32-4)20(16)31-3/h5-6H,7-15H2,1-4H3,(H,24,25,29). The number of fused-ring (bicyclic) bond motifs is 1. The van der Waals surface area contributed by atoms with Crippen LogP contribution in [-0.2, 0) is 19.4 Å². The Morgan fingerprint density at radius 2 is 1.66 bits per heavy atom. The van der Waals surface area contributed by atoms with Crippen LogP contribution in [0.4, 0.5) is 5.95 Å². The highest BCUT2D eigenvalue weighted by molar-refractivity contribution is 5.55. The Bertz CT molecular complexity index is 1000. The summed E-state index contributed by atoms with van der Waals surface area (Å²) in [5.41, 5.74) is 2.75. The number of methoxy groups -OCH3 is 3. The second-order valence-corrected chi connectivity index (χ2v) is 8.37. The molecule has 0 atom stereocenters. The zero-order valence-electron chi connectivity index (χ0n) is 19.4. The smallest absolute Gasteiger partial charge is 0.255 e. The lowest BCUT2D eigenvalue weighted by molar-refractivity contribution is 0.268. The third-order valence-corrected chi connectivity index (χ3v) is 6.41. The number of piperazine rings is 1. The average Bonchev–Trinajstić information content (AvgIpc) is 3.01. The lowest BCUT2D eigenvalue weighted by atomic mass is 10.1. The lowest BCUT2D eigenvalue weighted by Gasteiger charge is -2.32. The highest BCUT2D eigenvalue weighted by Crippen LogP contribution is 2.40. The molecular formula is C23H33N5O4. The van der Waals surface area contributed by atoms with Crippen molar-refractivity contribution >= 4 is 5.95 Å². The van der Waals surface area contributed by atoms with Crippen LogP contribution in [0.2, 0.25) is 0 Å². The van der Waals surface area contributed by atoms with Crippen LogP contribution in [0.5, 0.6) is 17.2 Å². The Hall–Kier alpha value is -2.78. The van der Waals surface area contributed by atoms with Crippen molar-refractivity contribution in [1.29, 1.82) is 0 Å². The Morgan fingerprint density at radius 3 is 2.34 bits per heavy atom. The summed E-state index contributed by atoms with van der Waals surface area (Å²) in [6.45, 7) is 6.00. The van der Waals surface area contributed by atoms with E-state index in [1.54, 1.807) is 21.3 Å². The number of aromatic amines is 1. The molecule has 0 bridgehead atoms. The van der Waals surface area contributed by atoms with Crippen molar-refractivity contribution in [2.45, 2.75) is 19.4 Å². The monoisotopic (exact) mass is 443 g/mol. The highest BCUT2D eigenvalue weighted by atomic mass is 16.5. The van der Waals surface area contributed by atoms with Crippen LogP contribution in [0, 0.1) is 0 Å². The first kappa shape index (κ1) is 22.4. The number of hydrogen-bond donors (Lipinski definition) is 1. The van der Waals surface area contributed by atoms with Crippen molar-refractivity contribution in [3.05, 3.63) is 39.3 Å². The number of anilines is 1. The van der Waals surface area contributed by atoms with Gasteiger partial charge in [-0.05, 0) is 19.5 Å². The van der Waals surface area contributed by atoms with E-state index in [2.05, 4.69) is 26.7 Å². The van der Waals surface area contributed by atoms with Gasteiger partial charge in [0, 0.05) is 63.4 Å². The minimum atomic E-state index is -0.00512. The Balaban J connectivity index is 1.51. The molecule has 9 heteroatoms. The van der Waals surface area contributed by atoms with Crippen LogP contribution >= 0.6 is 0 Å². The Labute approximate surface area is 188 Å². The van der Waals surface area contributed by atoms with Gasteiger partial charge in [0.15, 0.2) is 11.5 Å². The molecule has 0 aliphatic carbocycles. The van der Waals surface area contributed by atoms with Gasteiger partial charge in [-0.15, -0.1) is 0 Å². The summed E-state index contributed by atoms with van der Waals surface area (Å²) < 4.78 is 16.6. The van der Waals surface area contributed by atoms with Crippen molar-refractivity contribution < 1.29 is 14.2 Å². The fraction of sp³-hybridized carbons (Fsp3) is 0.565. The molecule has 0 amide bonds. The lowest BCUT2D eigenvalue weighted by Crippen LogP contribution is -2.45. The molecule has 0 spiro atoms. The van der Waals surface area contributed by atoms with E-state index in [1.165, 1.54) is 0 Å². The fourth-order valence-corrected chi connectivity index (χ4v) is 4.50. The van der Waals surface area contributed by atoms with Crippen LogP contribution in [-0.4, -0.2) is 87.4 Å². The third-order valence-electron chi connectivity index (χ3n) is 6.41. The van der Waals surface area contributed by atoms with Crippen molar-refractivity contribution in [3.63, 3.8) is 0 Å². The molecule has 2 aromatic rings. The van der Waals surface area contributed by atoms with E-state index in [0.717, 1.165) is 62.5 Å². The van der Waals surface area contributed by atoms with E-state index in [9.17, 15) is 4.79 Å². The van der Waals surface area contributed by atoms with Crippen molar-refractivity contribution in [3.8, 4) is 17.2 Å². The quantitative estimate of drug-likeness (QED) is 0.712. The summed E-state index contributed by atoms with van der Waals surface area (Å²) in [5, 5.41) is 0. The summed E-state index contributed by atoms with van der Waals surface area (Å²) in [7, 11) is 6.99. The predicted molar refractivity (Wildman–Crippen MR) is 123 cm³/mol. The first-order valence-electron chi connectivity index (χ1n) is 11.1. The van der Waals surface area contributed by atoms with Gasteiger partial charge >= 0.3 is 0 Å². The van der Waals surface area contributed by atoms with Gasteiger partial charge < -0.3 is 24.0 Å². The molecule has 9 nitrogen and oxygen atoms in total. The van der Waals surface area contributed by atoms with E-state index in [4.69, 9.17) is 19.2 Å². The van der Waals surface area contributed by atoms with Gasteiger partial charge in [0.25, 0.3) is 5.56 Å². The van der Waals surface area contributed by atoms with Gasteiger partial charge in [-0.3, -0.25) is 14.7 Å². The molecule has 0 radical (unpaired) electrons. The summed E-state index contributed by atoms with van der Waals surface area (Å²) in [6, 6.07) is 3.91. The van der Waals surface area contributed by atoms with E-state index in [-0.39, 0.29) is 5.56 Å². The van der Waals surface area contributed by atoms with Crippen LogP contribution in [0.3, 0.4) is 0 Å². The number of ether oxygens (including phenoxy) is 3. The molecular weight excluding hydrogens is 410 g/mol. The molecule has 3 heterocycles. The molecule has 4 rings (SSSR count). The van der Waals surface area contributed by atoms with Crippen molar-refractivity contribution in [1.82, 2.24) is 19.8 Å². The fourth-order valence-electron chi connectivity index (χ4n) is 4.50. The molecule has 2 aliphatic heterocycles. The van der Waals surface area contributed by atoms with Gasteiger partial charge in [-0.2, -0.15) is 0 Å². The Morgan fingerprint density at radius 1 is 0.938 bits per heavy atom. The second kappa shape index (κ2) is 9.79. The molecule has 1 fully saturated rings. The zero-order chi connectivity index (χ0) is 22.7. The predicted octanol–water partition coefficient (Wildman–Crippen LogP) is 1.15. The molecule has 174 valence electrons. The van der Waals surface area contributed by atoms with Gasteiger partial charge in [0.05, 0.1) is 27.0 Å². The number of rotatable bonds is 6. The third kappa shape index (κ3) is 4.54. The molecule has 2 aliphatic rings. The molecule has 1 saturated heterocycles. The minimum Gasteiger partial charge on any atom is -0.493 e. The first-order valence-corrected chi connectivity index (χ1v) is 11.1. The van der Waals surface area contributed by atoms with Crippen LogP contribution < -0.4 is 24.7 Å². The normalized spacial score (nSPS) is 17.6. The first-order chi connectivity index (χ1) is 15.5. The highest BCUT2D eigenvalue weighted by Gasteiger charge is 2.24. The van der Waals surface area contributed by atoms with Crippen LogP contribution in [0.15, 0.2) is 16.9 Å². The van der Waals surface area contributed by atoms with Crippen LogP contribution in [0.1, 0.15) is 16.8 Å². The van der Waals surface area contributed by atoms with Crippen molar-refractivity contribution in [2.24, 2.45) is 0 Å². The topological polar surface area (TPSA) is 83.2 Å². The summed E-state index contributed by atoms with van der Waals surface area (Å²) in [4.78, 5) is 27.6. The van der Waals surface area contributed by atoms with E-state index in [1.807, 2.05) is 12.1 Å². The molecule has 0 unspecified atom stereocenters. The number of nitrogens with one attached hydrogen (secondary N) is 1. The zero-order valence-corrected chi connectivity index (χ0v) is 19.4. The minimum absolute atomic E-state index is 0.00512. The summed E-state index contributed by atoms with van der Waals surface area (Å²) in [6.07, 6.45) is 1.42. The molecule has 1 aromatic heterocycles. The maximum atomic E-state index is 12.9. The maximum absolute atomic E-state index is 12.9. The number of aromatic nitrogens is 2. The van der Waals surface area contributed by atoms with Gasteiger partial charge in [-0.1, -0.05) is 6.07 Å². The number of H-pyrrole nitrogens is 1. The second-order valence-electron chi connectivity index (χ2n) is 8.37. The number of benzene rings is 1.